The number of rotatable bonds is 7. The van der Waals surface area contributed by atoms with Crippen LogP contribution in [0, 0.1) is 10.1 Å². The third kappa shape index (κ3) is 4.23. The summed E-state index contributed by atoms with van der Waals surface area (Å²) in [6.45, 7) is 7.58. The third-order valence-corrected chi connectivity index (χ3v) is 3.08. The third-order valence-electron chi connectivity index (χ3n) is 2.65. The summed E-state index contributed by atoms with van der Waals surface area (Å²) >= 11 is 3.18. The second kappa shape index (κ2) is 7.27. The molecule has 1 aromatic heterocycles. The van der Waals surface area contributed by atoms with E-state index in [1.807, 2.05) is 0 Å². The summed E-state index contributed by atoms with van der Waals surface area (Å²) in [4.78, 5) is 16.7. The summed E-state index contributed by atoms with van der Waals surface area (Å²) in [5.41, 5.74) is -0.0103. The Bertz CT molecular complexity index is 410. The fourth-order valence-electron chi connectivity index (χ4n) is 1.58. The molecule has 1 N–H and O–H groups in total. The van der Waals surface area contributed by atoms with E-state index >= 15 is 0 Å². The summed E-state index contributed by atoms with van der Waals surface area (Å²) in [6, 6.07) is 1.45. The molecule has 0 bridgehead atoms. The van der Waals surface area contributed by atoms with Gasteiger partial charge in [-0.25, -0.2) is 4.98 Å². The van der Waals surface area contributed by atoms with Gasteiger partial charge in [-0.05, 0) is 29.0 Å². The molecule has 1 aromatic rings. The van der Waals surface area contributed by atoms with Gasteiger partial charge in [0.15, 0.2) is 0 Å². The first-order chi connectivity index (χ1) is 8.58. The highest BCUT2D eigenvalue weighted by atomic mass is 79.9. The van der Waals surface area contributed by atoms with Crippen LogP contribution in [0.25, 0.3) is 0 Å². The topological polar surface area (TPSA) is 71.3 Å². The predicted octanol–water partition coefficient (Wildman–Crippen LogP) is 2.51. The van der Waals surface area contributed by atoms with E-state index in [4.69, 9.17) is 0 Å². The van der Waals surface area contributed by atoms with Crippen molar-refractivity contribution in [3.8, 4) is 0 Å². The lowest BCUT2D eigenvalue weighted by Crippen LogP contribution is -2.28. The molecule has 0 saturated heterocycles. The molecule has 0 unspecified atom stereocenters. The largest absolute Gasteiger partial charge is 0.363 e. The maximum Gasteiger partial charge on any atom is 0.312 e. The summed E-state index contributed by atoms with van der Waals surface area (Å²) in [6.07, 6.45) is 1.55. The Labute approximate surface area is 115 Å². The van der Waals surface area contributed by atoms with Crippen LogP contribution in [0.4, 0.5) is 11.5 Å². The predicted molar refractivity (Wildman–Crippen MR) is 74.9 cm³/mol. The van der Waals surface area contributed by atoms with Crippen molar-refractivity contribution in [1.82, 2.24) is 9.88 Å². The van der Waals surface area contributed by atoms with Crippen LogP contribution in [-0.2, 0) is 0 Å². The van der Waals surface area contributed by atoms with Gasteiger partial charge in [0.1, 0.15) is 0 Å². The molecule has 0 spiro atoms. The molecule has 0 aliphatic heterocycles. The number of nitrogens with zero attached hydrogens (tertiary/aromatic N) is 3. The van der Waals surface area contributed by atoms with Crippen molar-refractivity contribution >= 4 is 27.4 Å². The molecule has 1 heterocycles. The minimum Gasteiger partial charge on any atom is -0.363 e. The van der Waals surface area contributed by atoms with Gasteiger partial charge in [0, 0.05) is 29.8 Å². The quantitative estimate of drug-likeness (QED) is 0.618. The van der Waals surface area contributed by atoms with Crippen molar-refractivity contribution in [2.45, 2.75) is 13.8 Å². The molecule has 0 aromatic carbocycles. The first-order valence-electron chi connectivity index (χ1n) is 5.84. The van der Waals surface area contributed by atoms with Crippen LogP contribution in [-0.4, -0.2) is 41.0 Å². The SMILES string of the molecule is CCN(CC)CCNc1ncc(Br)cc1[N+](=O)[O-]. The van der Waals surface area contributed by atoms with Crippen molar-refractivity contribution < 1.29 is 4.92 Å². The zero-order valence-electron chi connectivity index (χ0n) is 10.5. The second-order valence-corrected chi connectivity index (χ2v) is 4.65. The number of aromatic nitrogens is 1. The van der Waals surface area contributed by atoms with Crippen molar-refractivity contribution in [2.24, 2.45) is 0 Å². The van der Waals surface area contributed by atoms with Gasteiger partial charge in [0.05, 0.1) is 4.92 Å². The molecule has 18 heavy (non-hydrogen) atoms. The molecular formula is C11H17BrN4O2. The van der Waals surface area contributed by atoms with Gasteiger partial charge in [-0.15, -0.1) is 0 Å². The molecular weight excluding hydrogens is 300 g/mol. The van der Waals surface area contributed by atoms with Crippen LogP contribution in [0.3, 0.4) is 0 Å². The van der Waals surface area contributed by atoms with Crippen molar-refractivity contribution in [3.05, 3.63) is 26.9 Å². The molecule has 0 amide bonds. The van der Waals surface area contributed by atoms with Crippen LogP contribution in [0.15, 0.2) is 16.7 Å². The summed E-state index contributed by atoms with van der Waals surface area (Å²) in [5, 5.41) is 13.9. The van der Waals surface area contributed by atoms with Crippen LogP contribution < -0.4 is 5.32 Å². The van der Waals surface area contributed by atoms with Gasteiger partial charge in [0.2, 0.25) is 5.82 Å². The molecule has 6 nitrogen and oxygen atoms in total. The Morgan fingerprint density at radius 3 is 2.72 bits per heavy atom. The zero-order chi connectivity index (χ0) is 13.5. The van der Waals surface area contributed by atoms with Crippen molar-refractivity contribution in [3.63, 3.8) is 0 Å². The summed E-state index contributed by atoms with van der Waals surface area (Å²) in [5.74, 6) is 0.315. The van der Waals surface area contributed by atoms with Gasteiger partial charge in [-0.1, -0.05) is 13.8 Å². The Morgan fingerprint density at radius 2 is 2.17 bits per heavy atom. The fraction of sp³-hybridized carbons (Fsp3) is 0.545. The van der Waals surface area contributed by atoms with Crippen LogP contribution >= 0.6 is 15.9 Å². The molecule has 0 atom stereocenters. The van der Waals surface area contributed by atoms with Crippen LogP contribution in [0.2, 0.25) is 0 Å². The van der Waals surface area contributed by atoms with Crippen molar-refractivity contribution in [2.75, 3.05) is 31.5 Å². The van der Waals surface area contributed by atoms with E-state index in [0.29, 0.717) is 16.8 Å². The first-order valence-corrected chi connectivity index (χ1v) is 6.64. The Hall–Kier alpha value is -1.21. The van der Waals surface area contributed by atoms with Gasteiger partial charge in [-0.3, -0.25) is 10.1 Å². The minimum atomic E-state index is -0.433. The smallest absolute Gasteiger partial charge is 0.312 e. The number of nitrogens with one attached hydrogen (secondary N) is 1. The molecule has 0 aliphatic carbocycles. The van der Waals surface area contributed by atoms with Crippen LogP contribution in [0.1, 0.15) is 13.8 Å². The molecule has 0 radical (unpaired) electrons. The average molecular weight is 317 g/mol. The van der Waals surface area contributed by atoms with E-state index < -0.39 is 4.92 Å². The van der Waals surface area contributed by atoms with Gasteiger partial charge in [0.25, 0.3) is 0 Å². The number of halogens is 1. The highest BCUT2D eigenvalue weighted by Crippen LogP contribution is 2.24. The van der Waals surface area contributed by atoms with E-state index in [0.717, 1.165) is 19.6 Å². The lowest BCUT2D eigenvalue weighted by Gasteiger charge is -2.18. The van der Waals surface area contributed by atoms with E-state index in [9.17, 15) is 10.1 Å². The summed E-state index contributed by atoms with van der Waals surface area (Å²) in [7, 11) is 0. The van der Waals surface area contributed by atoms with Crippen molar-refractivity contribution in [1.29, 1.82) is 0 Å². The number of pyridine rings is 1. The van der Waals surface area contributed by atoms with E-state index in [2.05, 4.69) is 45.0 Å². The maximum absolute atomic E-state index is 10.9. The standard InChI is InChI=1S/C11H17BrN4O2/c1-3-15(4-2)6-5-13-11-10(16(17)18)7-9(12)8-14-11/h7-8H,3-6H2,1-2H3,(H,13,14). The number of nitro groups is 1. The lowest BCUT2D eigenvalue weighted by molar-refractivity contribution is -0.384. The monoisotopic (exact) mass is 316 g/mol. The van der Waals surface area contributed by atoms with Crippen LogP contribution in [0.5, 0.6) is 0 Å². The molecule has 0 fully saturated rings. The Balaban J connectivity index is 2.64. The Morgan fingerprint density at radius 1 is 1.50 bits per heavy atom. The maximum atomic E-state index is 10.9. The molecule has 7 heteroatoms. The first kappa shape index (κ1) is 14.8. The zero-order valence-corrected chi connectivity index (χ0v) is 12.1. The van der Waals surface area contributed by atoms with Gasteiger partial charge < -0.3 is 10.2 Å². The number of likely N-dealkylation sites (N-methyl/N-ethyl adjacent to an activating group) is 1. The fourth-order valence-corrected chi connectivity index (χ4v) is 1.90. The number of hydrogen-bond donors (Lipinski definition) is 1. The highest BCUT2D eigenvalue weighted by molar-refractivity contribution is 9.10. The van der Waals surface area contributed by atoms with Gasteiger partial charge in [-0.2, -0.15) is 0 Å². The Kier molecular flexibility index (Phi) is 6.00. The normalized spacial score (nSPS) is 10.7. The molecule has 0 saturated carbocycles. The van der Waals surface area contributed by atoms with Gasteiger partial charge >= 0.3 is 5.69 Å². The van der Waals surface area contributed by atoms with E-state index in [1.54, 1.807) is 6.20 Å². The molecule has 100 valence electrons. The van der Waals surface area contributed by atoms with E-state index in [-0.39, 0.29) is 5.69 Å². The van der Waals surface area contributed by atoms with E-state index in [1.165, 1.54) is 6.07 Å². The molecule has 0 aliphatic rings. The highest BCUT2D eigenvalue weighted by Gasteiger charge is 2.15. The summed E-state index contributed by atoms with van der Waals surface area (Å²) < 4.78 is 0.600. The lowest BCUT2D eigenvalue weighted by atomic mass is 10.4. The second-order valence-electron chi connectivity index (χ2n) is 3.73. The minimum absolute atomic E-state index is 0.0103. The number of hydrogen-bond acceptors (Lipinski definition) is 5. The molecule has 1 rings (SSSR count). The average Bonchev–Trinajstić information content (AvgIpc) is 2.36. The number of anilines is 1.